The lowest BCUT2D eigenvalue weighted by atomic mass is 9.62. The van der Waals surface area contributed by atoms with Gasteiger partial charge in [-0.25, -0.2) is 4.21 Å². The SMILES string of the molecule is C=S1(=O)NC(=O)c2ccc3c(c2)N(C[C@@H]2CC[C@H]2[C@@](O)(CN2CCN(CCN(C)C)C(=O)C2)CCC[C@H](C)[C@H]1C)C[C@@]1(CCCc2cc(Cl)ccc21)CO3. The Kier molecular flexibility index (Phi) is 11.4. The number of nitrogens with zero attached hydrogens (tertiary/aromatic N) is 4. The maximum Gasteiger partial charge on any atom is 0.262 e. The predicted octanol–water partition coefficient (Wildman–Crippen LogP) is 4.85. The van der Waals surface area contributed by atoms with Gasteiger partial charge in [0.25, 0.3) is 5.91 Å². The van der Waals surface area contributed by atoms with E-state index in [9.17, 15) is 18.9 Å². The van der Waals surface area contributed by atoms with Crippen molar-refractivity contribution in [2.75, 3.05) is 78.0 Å². The molecule has 3 aliphatic heterocycles. The average molecular weight is 782 g/mol. The fourth-order valence-corrected chi connectivity index (χ4v) is 11.6. The molecule has 2 bridgehead atoms. The second kappa shape index (κ2) is 15.6. The van der Waals surface area contributed by atoms with Crippen LogP contribution in [0.3, 0.4) is 0 Å². The van der Waals surface area contributed by atoms with E-state index in [1.54, 1.807) is 6.07 Å². The topological polar surface area (TPSA) is 106 Å². The Morgan fingerprint density at radius 1 is 1.07 bits per heavy atom. The van der Waals surface area contributed by atoms with Gasteiger partial charge < -0.3 is 24.5 Å². The van der Waals surface area contributed by atoms with Gasteiger partial charge >= 0.3 is 0 Å². The van der Waals surface area contributed by atoms with Crippen molar-refractivity contribution in [2.24, 2.45) is 17.8 Å². The molecule has 3 heterocycles. The van der Waals surface area contributed by atoms with Crippen LogP contribution in [0.25, 0.3) is 0 Å². The van der Waals surface area contributed by atoms with Crippen molar-refractivity contribution in [2.45, 2.75) is 81.5 Å². The molecule has 296 valence electrons. The summed E-state index contributed by atoms with van der Waals surface area (Å²) in [5.41, 5.74) is 2.53. The molecular formula is C42H60ClN5O5S. The van der Waals surface area contributed by atoms with Gasteiger partial charge in [-0.05, 0) is 131 Å². The number of ether oxygens (including phenoxy) is 1. The third-order valence-electron chi connectivity index (χ3n) is 13.5. The zero-order valence-electron chi connectivity index (χ0n) is 32.7. The minimum absolute atomic E-state index is 0.00633. The van der Waals surface area contributed by atoms with E-state index in [-0.39, 0.29) is 34.3 Å². The minimum Gasteiger partial charge on any atom is -0.490 e. The van der Waals surface area contributed by atoms with Gasteiger partial charge in [0.15, 0.2) is 0 Å². The Balaban J connectivity index is 1.23. The lowest BCUT2D eigenvalue weighted by Crippen LogP contribution is -2.60. The smallest absolute Gasteiger partial charge is 0.262 e. The van der Waals surface area contributed by atoms with Crippen molar-refractivity contribution in [3.8, 4) is 5.75 Å². The third kappa shape index (κ3) is 8.03. The molecule has 2 aromatic rings. The van der Waals surface area contributed by atoms with Crippen LogP contribution in [-0.2, 0) is 26.3 Å². The molecule has 54 heavy (non-hydrogen) atoms. The number of aliphatic hydroxyl groups is 1. The quantitative estimate of drug-likeness (QED) is 0.416. The summed E-state index contributed by atoms with van der Waals surface area (Å²) in [7, 11) is 1.06. The van der Waals surface area contributed by atoms with Gasteiger partial charge in [-0.2, -0.15) is 0 Å². The number of piperazine rings is 1. The van der Waals surface area contributed by atoms with Gasteiger partial charge in [0.2, 0.25) is 5.91 Å². The Hall–Kier alpha value is -2.83. The molecule has 2 aromatic carbocycles. The number of fused-ring (bicyclic) bond motifs is 4. The third-order valence-corrected chi connectivity index (χ3v) is 15.9. The number of anilines is 1. The first-order valence-corrected chi connectivity index (χ1v) is 22.2. The Bertz CT molecular complexity index is 1840. The summed E-state index contributed by atoms with van der Waals surface area (Å²) in [4.78, 5) is 35.7. The number of rotatable bonds is 5. The molecule has 2 fully saturated rings. The summed E-state index contributed by atoms with van der Waals surface area (Å²) in [5.74, 6) is 4.76. The number of aryl methyl sites for hydroxylation is 1. The number of carbonyl (C=O) groups excluding carboxylic acids is 2. The summed E-state index contributed by atoms with van der Waals surface area (Å²) in [5, 5.41) is 13.3. The number of hydrogen-bond acceptors (Lipinski definition) is 8. The van der Waals surface area contributed by atoms with Crippen LogP contribution in [0.15, 0.2) is 36.4 Å². The highest BCUT2D eigenvalue weighted by Crippen LogP contribution is 2.49. The fraction of sp³-hybridized carbons (Fsp3) is 0.643. The van der Waals surface area contributed by atoms with Crippen LogP contribution >= 0.6 is 11.6 Å². The summed E-state index contributed by atoms with van der Waals surface area (Å²) in [6, 6.07) is 11.8. The van der Waals surface area contributed by atoms with Crippen LogP contribution in [0, 0.1) is 17.8 Å². The van der Waals surface area contributed by atoms with E-state index < -0.39 is 21.2 Å². The van der Waals surface area contributed by atoms with Gasteiger partial charge in [0, 0.05) is 67.1 Å². The van der Waals surface area contributed by atoms with Crippen molar-refractivity contribution in [1.29, 1.82) is 0 Å². The molecule has 0 radical (unpaired) electrons. The van der Waals surface area contributed by atoms with Crippen LogP contribution in [0.2, 0.25) is 5.02 Å². The zero-order valence-corrected chi connectivity index (χ0v) is 34.2. The summed E-state index contributed by atoms with van der Waals surface area (Å²) in [6.45, 7) is 9.58. The molecule has 1 saturated heterocycles. The molecule has 7 rings (SSSR count). The largest absolute Gasteiger partial charge is 0.490 e. The molecule has 2 N–H and O–H groups in total. The van der Waals surface area contributed by atoms with Crippen LogP contribution < -0.4 is 14.4 Å². The monoisotopic (exact) mass is 781 g/mol. The van der Waals surface area contributed by atoms with E-state index in [1.807, 2.05) is 44.1 Å². The summed E-state index contributed by atoms with van der Waals surface area (Å²) >= 11 is 6.50. The molecular weight excluding hydrogens is 722 g/mol. The molecule has 5 aliphatic rings. The Morgan fingerprint density at radius 2 is 1.89 bits per heavy atom. The lowest BCUT2D eigenvalue weighted by molar-refractivity contribution is -0.142. The van der Waals surface area contributed by atoms with Crippen molar-refractivity contribution in [3.63, 3.8) is 0 Å². The number of nitrogens with one attached hydrogen (secondary N) is 1. The van der Waals surface area contributed by atoms with Gasteiger partial charge in [-0.15, -0.1) is 0 Å². The first kappa shape index (κ1) is 39.4. The number of hydrogen-bond donors (Lipinski definition) is 2. The second-order valence-corrected chi connectivity index (χ2v) is 20.3. The van der Waals surface area contributed by atoms with Gasteiger partial charge in [0.1, 0.15) is 5.75 Å². The molecule has 10 nitrogen and oxygen atoms in total. The predicted molar refractivity (Wildman–Crippen MR) is 218 cm³/mol. The van der Waals surface area contributed by atoms with Gasteiger partial charge in [-0.3, -0.25) is 19.2 Å². The minimum atomic E-state index is -2.99. The number of carbonyl (C=O) groups is 2. The summed E-state index contributed by atoms with van der Waals surface area (Å²) in [6.07, 6.45) is 6.95. The maximum atomic E-state index is 14.0. The molecule has 12 heteroatoms. The van der Waals surface area contributed by atoms with E-state index in [2.05, 4.69) is 44.3 Å². The van der Waals surface area contributed by atoms with Crippen LogP contribution in [0.5, 0.6) is 5.75 Å². The highest BCUT2D eigenvalue weighted by Gasteiger charge is 2.50. The van der Waals surface area contributed by atoms with Crippen molar-refractivity contribution in [1.82, 2.24) is 19.4 Å². The van der Waals surface area contributed by atoms with Crippen molar-refractivity contribution >= 4 is 44.7 Å². The molecule has 1 unspecified atom stereocenters. The Morgan fingerprint density at radius 3 is 2.63 bits per heavy atom. The number of halogens is 1. The standard InChI is InChI=1S/C42H60ClN5O5S/c1-29-8-6-17-42(51,27-46-19-21-47(39(49)25-46)20-18-45(3)4)36-13-10-33(36)24-48-26-41(16-7-9-31-22-34(43)12-14-35(31)41)28-53-38-15-11-32(23-37(38)48)40(50)44-54(5,52)30(29)2/h11-12,14-15,22-23,29-30,33,36,51H,5-10,13,16-21,24-28H2,1-4H3,(H,44,50,52)/t29-,30+,33-,36+,41-,42-,54?/m0/s1. The van der Waals surface area contributed by atoms with Crippen LogP contribution in [0.4, 0.5) is 5.69 Å². The molecule has 0 aromatic heterocycles. The molecule has 7 atom stereocenters. The van der Waals surface area contributed by atoms with E-state index in [4.69, 9.17) is 16.3 Å². The first-order valence-electron chi connectivity index (χ1n) is 20.0. The first-order chi connectivity index (χ1) is 25.7. The van der Waals surface area contributed by atoms with E-state index >= 15 is 0 Å². The highest BCUT2D eigenvalue weighted by molar-refractivity contribution is 7.99. The van der Waals surface area contributed by atoms with E-state index in [1.165, 1.54) is 11.1 Å². The number of amides is 2. The molecule has 1 spiro atoms. The number of likely N-dealkylation sites (N-methyl/N-ethyl adjacent to an activating group) is 1. The number of benzene rings is 2. The van der Waals surface area contributed by atoms with Gasteiger partial charge in [0.05, 0.1) is 34.1 Å². The van der Waals surface area contributed by atoms with Crippen LogP contribution in [-0.4, -0.2) is 126 Å². The normalized spacial score (nSPS) is 33.7. The highest BCUT2D eigenvalue weighted by atomic mass is 35.5. The lowest BCUT2D eigenvalue weighted by Gasteiger charge is -2.52. The Labute approximate surface area is 327 Å². The van der Waals surface area contributed by atoms with Crippen molar-refractivity contribution in [3.05, 3.63) is 58.1 Å². The summed E-state index contributed by atoms with van der Waals surface area (Å²) < 4.78 is 23.5. The number of β-amino-alcohol motifs (C(OH)–C–C–N with tert-alkyl or cyclic N) is 1. The van der Waals surface area contributed by atoms with Crippen LogP contribution in [0.1, 0.15) is 80.3 Å². The van der Waals surface area contributed by atoms with E-state index in [0.29, 0.717) is 57.9 Å². The second-order valence-electron chi connectivity index (χ2n) is 17.5. The average Bonchev–Trinajstić information content (AvgIpc) is 3.25. The van der Waals surface area contributed by atoms with Gasteiger partial charge in [-0.1, -0.05) is 31.0 Å². The fourth-order valence-electron chi connectivity index (χ4n) is 9.90. The van der Waals surface area contributed by atoms with E-state index in [0.717, 1.165) is 74.5 Å². The van der Waals surface area contributed by atoms with Crippen molar-refractivity contribution < 1.29 is 23.6 Å². The molecule has 1 saturated carbocycles. The molecule has 2 amide bonds. The maximum absolute atomic E-state index is 14.0. The molecule has 2 aliphatic carbocycles. The zero-order chi connectivity index (χ0) is 38.4.